The molecule has 4 heterocycles. The molecule has 2 aromatic rings. The van der Waals surface area contributed by atoms with Crippen LogP contribution in [0.3, 0.4) is 0 Å². The quantitative estimate of drug-likeness (QED) is 0.728. The van der Waals surface area contributed by atoms with Gasteiger partial charge in [0.1, 0.15) is 0 Å². The van der Waals surface area contributed by atoms with Crippen molar-refractivity contribution in [3.05, 3.63) is 51.8 Å². The Morgan fingerprint density at radius 2 is 2.14 bits per heavy atom. The number of halogens is 1. The summed E-state index contributed by atoms with van der Waals surface area (Å²) in [4.78, 5) is 15.2. The van der Waals surface area contributed by atoms with Crippen LogP contribution in [0.25, 0.3) is 0 Å². The van der Waals surface area contributed by atoms with E-state index in [1.807, 2.05) is 24.3 Å². The lowest BCUT2D eigenvalue weighted by atomic mass is 10.0. The second kappa shape index (κ2) is 7.48. The maximum atomic E-state index is 12.8. The molecule has 0 saturated carbocycles. The van der Waals surface area contributed by atoms with Crippen LogP contribution in [0, 0.1) is 0 Å². The number of H-pyrrole nitrogens is 1. The minimum Gasteiger partial charge on any atom is -0.371 e. The Morgan fingerprint density at radius 3 is 3.00 bits per heavy atom. The molecular weight excluding hydrogens is 378 g/mol. The molecule has 1 aromatic heterocycles. The first-order valence-electron chi connectivity index (χ1n) is 9.86. The zero-order valence-corrected chi connectivity index (χ0v) is 16.3. The van der Waals surface area contributed by atoms with E-state index < -0.39 is 0 Å². The van der Waals surface area contributed by atoms with Crippen molar-refractivity contribution in [2.24, 2.45) is 0 Å². The van der Waals surface area contributed by atoms with Gasteiger partial charge in [0.2, 0.25) is 0 Å². The topological polar surface area (TPSA) is 82.3 Å². The fourth-order valence-electron chi connectivity index (χ4n) is 4.54. The molecule has 0 spiro atoms. The van der Waals surface area contributed by atoms with Crippen LogP contribution in [0.4, 0.5) is 0 Å². The first kappa shape index (κ1) is 18.1. The predicted octanol–water partition coefficient (Wildman–Crippen LogP) is 1.65. The predicted molar refractivity (Wildman–Crippen MR) is 105 cm³/mol. The van der Waals surface area contributed by atoms with Crippen molar-refractivity contribution in [2.45, 2.75) is 37.6 Å². The zero-order valence-electron chi connectivity index (χ0n) is 15.6. The van der Waals surface area contributed by atoms with Crippen molar-refractivity contribution in [1.82, 2.24) is 25.7 Å². The molecule has 2 fully saturated rings. The molecule has 148 valence electrons. The third kappa shape index (κ3) is 3.43. The molecule has 1 amide bonds. The van der Waals surface area contributed by atoms with Crippen LogP contribution in [-0.4, -0.2) is 59.3 Å². The highest BCUT2D eigenvalue weighted by Gasteiger charge is 2.38. The Morgan fingerprint density at radius 1 is 1.29 bits per heavy atom. The van der Waals surface area contributed by atoms with Gasteiger partial charge in [0.15, 0.2) is 5.69 Å². The van der Waals surface area contributed by atoms with Crippen molar-refractivity contribution in [2.75, 3.05) is 26.2 Å². The number of nitrogens with one attached hydrogen (secondary N) is 3. The molecule has 0 bridgehead atoms. The number of rotatable bonds is 3. The number of benzene rings is 1. The third-order valence-corrected chi connectivity index (χ3v) is 6.27. The van der Waals surface area contributed by atoms with Gasteiger partial charge < -0.3 is 15.4 Å². The van der Waals surface area contributed by atoms with Gasteiger partial charge in [-0.15, -0.1) is 0 Å². The summed E-state index contributed by atoms with van der Waals surface area (Å²) in [5.41, 5.74) is 3.78. The van der Waals surface area contributed by atoms with E-state index in [-0.39, 0.29) is 18.1 Å². The number of hydrogen-bond donors (Lipinski definition) is 3. The second-order valence-corrected chi connectivity index (χ2v) is 8.28. The van der Waals surface area contributed by atoms with Gasteiger partial charge in [-0.2, -0.15) is 5.10 Å². The minimum atomic E-state index is -0.0700. The lowest BCUT2D eigenvalue weighted by Gasteiger charge is -2.35. The standard InChI is InChI=1S/C20H24ClN5O2/c21-13-3-1-12(2-4-13)18-10-26-9-14(7-15(26)11-28-18)23-20(27)19-16-5-6-22-8-17(16)24-25-19/h1-4,14-15,18,22H,5-11H2,(H,23,27)(H,24,25)/t14-,15-,18+/m0/s1. The number of aromatic amines is 1. The summed E-state index contributed by atoms with van der Waals surface area (Å²) in [7, 11) is 0. The molecule has 3 aliphatic rings. The van der Waals surface area contributed by atoms with E-state index in [1.54, 1.807) is 0 Å². The van der Waals surface area contributed by atoms with Gasteiger partial charge in [0, 0.05) is 42.3 Å². The van der Waals surface area contributed by atoms with Gasteiger partial charge in [-0.1, -0.05) is 23.7 Å². The summed E-state index contributed by atoms with van der Waals surface area (Å²) in [6.45, 7) is 4.00. The summed E-state index contributed by atoms with van der Waals surface area (Å²) in [6, 6.07) is 8.33. The van der Waals surface area contributed by atoms with Gasteiger partial charge >= 0.3 is 0 Å². The van der Waals surface area contributed by atoms with Crippen LogP contribution in [0.5, 0.6) is 0 Å². The Labute approximate surface area is 168 Å². The van der Waals surface area contributed by atoms with Gasteiger partial charge in [-0.3, -0.25) is 14.8 Å². The Balaban J connectivity index is 1.22. The van der Waals surface area contributed by atoms with Crippen LogP contribution in [0.15, 0.2) is 24.3 Å². The molecule has 5 rings (SSSR count). The number of aromatic nitrogens is 2. The lowest BCUT2D eigenvalue weighted by molar-refractivity contribution is -0.0502. The molecule has 8 heteroatoms. The Kier molecular flexibility index (Phi) is 4.84. The van der Waals surface area contributed by atoms with E-state index in [2.05, 4.69) is 25.7 Å². The summed E-state index contributed by atoms with van der Waals surface area (Å²) in [5.74, 6) is -0.0700. The van der Waals surface area contributed by atoms with E-state index in [9.17, 15) is 4.79 Å². The Hall–Kier alpha value is -1.93. The van der Waals surface area contributed by atoms with Crippen molar-refractivity contribution < 1.29 is 9.53 Å². The zero-order chi connectivity index (χ0) is 19.1. The molecule has 0 radical (unpaired) electrons. The molecule has 2 saturated heterocycles. The van der Waals surface area contributed by atoms with Crippen LogP contribution in [0.2, 0.25) is 5.02 Å². The maximum absolute atomic E-state index is 12.8. The van der Waals surface area contributed by atoms with E-state index in [0.29, 0.717) is 18.3 Å². The molecule has 3 atom stereocenters. The van der Waals surface area contributed by atoms with Crippen molar-refractivity contribution in [3.63, 3.8) is 0 Å². The van der Waals surface area contributed by atoms with Gasteiger partial charge in [-0.05, 0) is 37.1 Å². The molecule has 3 N–H and O–H groups in total. The molecule has 7 nitrogen and oxygen atoms in total. The smallest absolute Gasteiger partial charge is 0.272 e. The number of hydrogen-bond acceptors (Lipinski definition) is 5. The maximum Gasteiger partial charge on any atom is 0.272 e. The largest absolute Gasteiger partial charge is 0.371 e. The number of morpholine rings is 1. The number of nitrogens with zero attached hydrogens (tertiary/aromatic N) is 2. The van der Waals surface area contributed by atoms with Crippen LogP contribution in [0.1, 0.15) is 39.8 Å². The first-order chi connectivity index (χ1) is 13.7. The van der Waals surface area contributed by atoms with E-state index >= 15 is 0 Å². The van der Waals surface area contributed by atoms with Gasteiger partial charge in [0.05, 0.1) is 18.4 Å². The highest BCUT2D eigenvalue weighted by Crippen LogP contribution is 2.31. The van der Waals surface area contributed by atoms with Crippen LogP contribution >= 0.6 is 11.6 Å². The second-order valence-electron chi connectivity index (χ2n) is 7.84. The van der Waals surface area contributed by atoms with Crippen LogP contribution < -0.4 is 10.6 Å². The molecule has 28 heavy (non-hydrogen) atoms. The summed E-state index contributed by atoms with van der Waals surface area (Å²) in [5, 5.41) is 14.5. The average molecular weight is 402 g/mol. The van der Waals surface area contributed by atoms with Crippen LogP contribution in [-0.2, 0) is 17.7 Å². The van der Waals surface area contributed by atoms with Crippen molar-refractivity contribution in [1.29, 1.82) is 0 Å². The van der Waals surface area contributed by atoms with Gasteiger partial charge in [-0.25, -0.2) is 0 Å². The number of carbonyl (C=O) groups is 1. The summed E-state index contributed by atoms with van der Waals surface area (Å²) in [6.07, 6.45) is 1.80. The average Bonchev–Trinajstić information content (AvgIpc) is 3.31. The lowest BCUT2D eigenvalue weighted by Crippen LogP contribution is -2.43. The molecule has 0 aliphatic carbocycles. The fraction of sp³-hybridized carbons (Fsp3) is 0.500. The number of carbonyl (C=O) groups excluding carboxylic acids is 1. The van der Waals surface area contributed by atoms with E-state index in [4.69, 9.17) is 16.3 Å². The Bertz CT molecular complexity index is 868. The van der Waals surface area contributed by atoms with Crippen molar-refractivity contribution in [3.8, 4) is 0 Å². The van der Waals surface area contributed by atoms with Gasteiger partial charge in [0.25, 0.3) is 5.91 Å². The SMILES string of the molecule is O=C(N[C@H]1C[C@H]2CO[C@@H](c3ccc(Cl)cc3)CN2C1)c1n[nH]c2c1CCNC2. The number of fused-ring (bicyclic) bond motifs is 2. The monoisotopic (exact) mass is 401 g/mol. The minimum absolute atomic E-state index is 0.0498. The first-order valence-corrected chi connectivity index (χ1v) is 10.2. The highest BCUT2D eigenvalue weighted by molar-refractivity contribution is 6.30. The summed E-state index contributed by atoms with van der Waals surface area (Å²) < 4.78 is 6.10. The van der Waals surface area contributed by atoms with Crippen molar-refractivity contribution >= 4 is 17.5 Å². The fourth-order valence-corrected chi connectivity index (χ4v) is 4.67. The van der Waals surface area contributed by atoms with E-state index in [1.165, 1.54) is 0 Å². The molecule has 3 aliphatic heterocycles. The molecular formula is C20H24ClN5O2. The number of ether oxygens (including phenoxy) is 1. The third-order valence-electron chi connectivity index (χ3n) is 6.02. The molecule has 1 aromatic carbocycles. The summed E-state index contributed by atoms with van der Waals surface area (Å²) >= 11 is 5.99. The molecule has 0 unspecified atom stereocenters. The normalized spacial score (nSPS) is 27.2. The van der Waals surface area contributed by atoms with E-state index in [0.717, 1.165) is 60.9 Å². The highest BCUT2D eigenvalue weighted by atomic mass is 35.5. The number of amides is 1.